The van der Waals surface area contributed by atoms with Gasteiger partial charge in [0, 0.05) is 74.8 Å². The smallest absolute Gasteiger partial charge is 0.408 e. The number of alkyl carbamates (subject to hydrolysis) is 4. The maximum atomic E-state index is 12.5. The van der Waals surface area contributed by atoms with Gasteiger partial charge in [0.2, 0.25) is 0 Å². The Kier molecular flexibility index (Phi) is 38.7. The number of nitro groups is 3. The van der Waals surface area contributed by atoms with Gasteiger partial charge in [-0.1, -0.05) is 210 Å². The van der Waals surface area contributed by atoms with Crippen molar-refractivity contribution in [3.8, 4) is 33.8 Å². The van der Waals surface area contributed by atoms with Crippen LogP contribution >= 0.6 is 62.2 Å². The number of ether oxygens (including phenoxy) is 4. The van der Waals surface area contributed by atoms with E-state index in [4.69, 9.17) is 51.9 Å². The van der Waals surface area contributed by atoms with Gasteiger partial charge >= 0.3 is 24.4 Å². The molecule has 0 spiro atoms. The lowest BCUT2D eigenvalue weighted by Crippen LogP contribution is -2.46. The lowest BCUT2D eigenvalue weighted by atomic mass is 10.0. The highest BCUT2D eigenvalue weighted by Crippen LogP contribution is 2.33. The van der Waals surface area contributed by atoms with E-state index in [-0.39, 0.29) is 34.0 Å². The van der Waals surface area contributed by atoms with E-state index in [1.54, 1.807) is 144 Å². The molecule has 0 saturated carbocycles. The number of nitrogens with zero attached hydrogens (tertiary/aromatic N) is 6. The third-order valence-corrected chi connectivity index (χ3v) is 20.9. The number of hydrogen-bond donors (Lipinski definition) is 6. The van der Waals surface area contributed by atoms with Gasteiger partial charge in [-0.2, -0.15) is 0 Å². The number of rotatable bonds is 26. The Morgan fingerprint density at radius 1 is 0.416 bits per heavy atom. The summed E-state index contributed by atoms with van der Waals surface area (Å²) in [6.45, 7) is 21.4. The summed E-state index contributed by atoms with van der Waals surface area (Å²) in [7, 11) is -4.34. The number of thiocarbonyl (C=S) groups is 1. The molecular weight excluding hydrogens is 1770 g/mol. The number of ketones is 1. The molecule has 662 valence electrons. The number of quaternary nitrogens is 1. The Morgan fingerprint density at radius 2 is 0.664 bits per heavy atom. The number of hydrogen-bond acceptors (Lipinski definition) is 25. The monoisotopic (exact) mass is 1860 g/mol. The van der Waals surface area contributed by atoms with Crippen molar-refractivity contribution >= 4 is 124 Å². The molecule has 11 rings (SSSR count). The maximum absolute atomic E-state index is 12.5. The summed E-state index contributed by atoms with van der Waals surface area (Å²) in [6, 6.07) is 61.9. The maximum Gasteiger partial charge on any atom is 0.408 e. The van der Waals surface area contributed by atoms with Crippen LogP contribution in [-0.2, 0) is 60.5 Å². The van der Waals surface area contributed by atoms with Crippen molar-refractivity contribution in [1.29, 1.82) is 0 Å². The fourth-order valence-electron chi connectivity index (χ4n) is 11.1. The Balaban J connectivity index is 0.000000249. The van der Waals surface area contributed by atoms with Crippen LogP contribution in [0.2, 0.25) is 0 Å². The number of nitrogens with two attached hydrogens (primary N) is 1. The molecule has 8 aromatic carbocycles. The average molecular weight is 1870 g/mol. The molecule has 36 heteroatoms. The highest BCUT2D eigenvalue weighted by molar-refractivity contribution is 9.09. The van der Waals surface area contributed by atoms with Crippen LogP contribution in [-0.4, -0.2) is 112 Å². The molecule has 0 bridgehead atoms. The summed E-state index contributed by atoms with van der Waals surface area (Å²) in [6.07, 6.45) is -0.632. The van der Waals surface area contributed by atoms with E-state index >= 15 is 0 Å². The molecule has 0 saturated heterocycles. The van der Waals surface area contributed by atoms with E-state index in [1.807, 2.05) is 137 Å². The number of carbonyl (C=O) groups excluding carboxylic acids is 5. The molecule has 0 aliphatic carbocycles. The first-order valence-corrected chi connectivity index (χ1v) is 44.2. The topological polar surface area (TPSA) is 458 Å². The predicted octanol–water partition coefficient (Wildman–Crippen LogP) is 20.7. The molecule has 3 aromatic heterocycles. The molecule has 0 radical (unpaired) electrons. The number of halogens is 1. The summed E-state index contributed by atoms with van der Waals surface area (Å²) in [5.41, 5.74) is 13.1. The molecule has 4 atom stereocenters. The van der Waals surface area contributed by atoms with Crippen LogP contribution in [0, 0.1) is 30.3 Å². The molecule has 3 heterocycles. The largest absolute Gasteiger partial charge is 0.748 e. The highest BCUT2D eigenvalue weighted by Gasteiger charge is 2.29. The van der Waals surface area contributed by atoms with Crippen LogP contribution in [0.25, 0.3) is 33.8 Å². The van der Waals surface area contributed by atoms with Crippen molar-refractivity contribution in [2.45, 2.75) is 161 Å². The first kappa shape index (κ1) is 102. The Hall–Kier alpha value is -12.2. The van der Waals surface area contributed by atoms with Crippen LogP contribution in [0.15, 0.2) is 235 Å². The van der Waals surface area contributed by atoms with Crippen molar-refractivity contribution in [3.63, 3.8) is 0 Å². The number of amides is 4. The Bertz CT molecular complexity index is 5290. The second-order valence-corrected chi connectivity index (χ2v) is 36.6. The standard InChI is InChI=1S/C23H26N2O5S2.2C22H23N3O4S.C14H19N3O4S.C8H7BrO.H3N/c1-23(2,3)30-22(26)25-19(13-16-9-11-17(12-10-16)15-32(27,28)29)21-24-20(14-31-21)18-7-5-4-6-8-18;2*1-22(2,3)29-21(26)24-18(13-15-9-11-17(12-10-15)25(27)28)20-23-19(14-30-20)16-7-5-4-6-8-16;1-14(2,3)21-13(18)16-11(12(15)22)8-9-4-6-10(7-5-9)17(19)20;9-6-8(10)7-4-2-1-3-5-7;/h4-12,14,19H,13,15H2,1-3H3,(H,25,26)(H,27,28,29);2*4-12,14,18H,13H2,1-3H3,(H,24,26);4-7,11H,8H2,1-3H3,(H2,15,22)(H,16,18);1-5H,6H2;1H3/t19-;2*18-;11-;;/m0000../s1. The zero-order valence-electron chi connectivity index (χ0n) is 71.1. The molecule has 0 aliphatic rings. The fraction of sp³-hybridized carbons (Fsp3) is 0.292. The van der Waals surface area contributed by atoms with Gasteiger partial charge in [0.15, 0.2) is 5.78 Å². The minimum Gasteiger partial charge on any atom is -0.748 e. The molecule has 0 aliphatic heterocycles. The average Bonchev–Trinajstić information content (AvgIpc) is 1.71. The van der Waals surface area contributed by atoms with Crippen LogP contribution in [0.4, 0.5) is 36.2 Å². The second-order valence-electron chi connectivity index (χ2n) is 31.5. The third-order valence-electron chi connectivity index (χ3n) is 16.6. The minimum absolute atomic E-state index is 0. The van der Waals surface area contributed by atoms with Crippen molar-refractivity contribution in [2.24, 2.45) is 5.73 Å². The number of nitrogens with one attached hydrogen (secondary N) is 4. The van der Waals surface area contributed by atoms with Crippen molar-refractivity contribution in [3.05, 3.63) is 313 Å². The lowest BCUT2D eigenvalue weighted by Gasteiger charge is -2.23. The van der Waals surface area contributed by atoms with Gasteiger partial charge in [0.1, 0.15) is 37.4 Å². The molecule has 30 nitrogen and oxygen atoms in total. The molecular formula is C89H101BrN12O18S5. The van der Waals surface area contributed by atoms with E-state index in [0.717, 1.165) is 76.6 Å². The molecule has 0 unspecified atom stereocenters. The molecule has 10 N–H and O–H groups in total. The SMILES string of the molecule is CC(C)(C)OC(=O)N[C@@H](Cc1ccc(CS(=O)(=O)[O-])cc1)c1nc(-c2ccccc2)cs1.CC(C)(C)OC(=O)N[C@@H](Cc1ccc([N+](=O)[O-])cc1)C(N)=S.CC(C)(C)OC(=O)N[C@@H](Cc1ccc([N+](=O)[O-])cc1)c1nc(-c2ccccc2)cs1.CC(C)(C)OC(=O)N[C@@H](Cc1ccc([N+](=O)[O-])cc1)c1nc(-c2ccccc2)cs1.O=C(CBr)c1ccccc1.[NH4+]. The van der Waals surface area contributed by atoms with Crippen LogP contribution in [0.1, 0.15) is 154 Å². The quantitative estimate of drug-likeness (QED) is 0.00558. The molecule has 125 heavy (non-hydrogen) atoms. The fourth-order valence-corrected chi connectivity index (χ4v) is 14.8. The van der Waals surface area contributed by atoms with Gasteiger partial charge in [0.05, 0.1) is 82.2 Å². The molecule has 0 fully saturated rings. The summed E-state index contributed by atoms with van der Waals surface area (Å²) in [5, 5.41) is 52.1. The number of thiazole rings is 3. The normalized spacial score (nSPS) is 12.1. The Morgan fingerprint density at radius 3 is 0.912 bits per heavy atom. The summed E-state index contributed by atoms with van der Waals surface area (Å²) < 4.78 is 54.3. The number of non-ortho nitro benzene ring substituents is 3. The van der Waals surface area contributed by atoms with Gasteiger partial charge in [-0.15, -0.1) is 34.0 Å². The number of alkyl halides is 1. The predicted molar refractivity (Wildman–Crippen MR) is 493 cm³/mol. The summed E-state index contributed by atoms with van der Waals surface area (Å²) >= 11 is 12.4. The number of carbonyl (C=O) groups is 5. The van der Waals surface area contributed by atoms with Crippen LogP contribution in [0.3, 0.4) is 0 Å². The number of benzene rings is 8. The Labute approximate surface area is 751 Å². The van der Waals surface area contributed by atoms with Gasteiger partial charge < -0.3 is 56.7 Å². The van der Waals surface area contributed by atoms with Crippen LogP contribution < -0.4 is 33.2 Å². The molecule has 4 amide bonds. The third kappa shape index (κ3) is 37.4. The van der Waals surface area contributed by atoms with Gasteiger partial charge in [0.25, 0.3) is 17.1 Å². The van der Waals surface area contributed by atoms with Crippen molar-refractivity contribution in [2.75, 3.05) is 5.33 Å². The molecule has 11 aromatic rings. The number of nitro benzene ring substituents is 3. The van der Waals surface area contributed by atoms with Gasteiger partial charge in [-0.25, -0.2) is 42.5 Å². The zero-order chi connectivity index (χ0) is 91.1. The summed E-state index contributed by atoms with van der Waals surface area (Å²) in [5.74, 6) is -0.430. The van der Waals surface area contributed by atoms with Gasteiger partial charge in [-0.05, 0) is 137 Å². The first-order valence-electron chi connectivity index (χ1n) is 38.5. The van der Waals surface area contributed by atoms with E-state index in [0.29, 0.717) is 36.6 Å². The number of aromatic nitrogens is 3. The minimum atomic E-state index is -4.34. The van der Waals surface area contributed by atoms with E-state index < -0.39 is 102 Å². The van der Waals surface area contributed by atoms with Crippen molar-refractivity contribution in [1.82, 2.24) is 42.4 Å². The zero-order valence-corrected chi connectivity index (χ0v) is 76.8. The highest BCUT2D eigenvalue weighted by atomic mass is 79.9. The van der Waals surface area contributed by atoms with E-state index in [2.05, 4.69) is 37.2 Å². The van der Waals surface area contributed by atoms with Crippen LogP contribution in [0.5, 0.6) is 0 Å². The number of Topliss-reactive ketones (excluding diaryl/α,β-unsaturated/α-hetero) is 1. The first-order chi connectivity index (χ1) is 58.3. The summed E-state index contributed by atoms with van der Waals surface area (Å²) in [4.78, 5) is 105. The van der Waals surface area contributed by atoms with Gasteiger partial charge in [-0.3, -0.25) is 35.1 Å². The van der Waals surface area contributed by atoms with E-state index in [9.17, 15) is 67.3 Å². The lowest BCUT2D eigenvalue weighted by molar-refractivity contribution is -0.385. The second kappa shape index (κ2) is 47.6. The van der Waals surface area contributed by atoms with E-state index in [1.165, 1.54) is 70.4 Å². The van der Waals surface area contributed by atoms with Crippen molar-refractivity contribution < 1.29 is 70.7 Å².